The van der Waals surface area contributed by atoms with Gasteiger partial charge in [-0.15, -0.1) is 0 Å². The van der Waals surface area contributed by atoms with Gasteiger partial charge in [-0.05, 0) is 92.3 Å². The van der Waals surface area contributed by atoms with Crippen LogP contribution in [0.3, 0.4) is 0 Å². The number of hydrogen-bond acceptors (Lipinski definition) is 5. The predicted octanol–water partition coefficient (Wildman–Crippen LogP) is 4.04. The molecule has 38 heavy (non-hydrogen) atoms. The molecular weight excluding hydrogens is 529 g/mol. The molecule has 1 atom stereocenters. The normalized spacial score (nSPS) is 24.1. The Kier molecular flexibility index (Phi) is 5.94. The van der Waals surface area contributed by atoms with Crippen LogP contribution in [-0.2, 0) is 25.5 Å². The fraction of sp³-hybridized carbons (Fsp3) is 0.519. The molecule has 0 radical (unpaired) electrons. The van der Waals surface area contributed by atoms with Crippen molar-refractivity contribution in [2.45, 2.75) is 61.4 Å². The first kappa shape index (κ1) is 25.8. The lowest BCUT2D eigenvalue weighted by atomic mass is 9.66. The average Bonchev–Trinajstić information content (AvgIpc) is 3.36. The fourth-order valence-electron chi connectivity index (χ4n) is 6.49. The van der Waals surface area contributed by atoms with E-state index in [9.17, 15) is 26.0 Å². The number of carbonyl (C=O) groups excluding carboxylic acids is 1. The monoisotopic (exact) mass is 561 g/mol. The summed E-state index contributed by atoms with van der Waals surface area (Å²) in [5.74, 6) is -0.305. The van der Waals surface area contributed by atoms with Gasteiger partial charge in [-0.25, -0.2) is 21.2 Å². The van der Waals surface area contributed by atoms with Gasteiger partial charge in [0.1, 0.15) is 6.17 Å². The lowest BCUT2D eigenvalue weighted by molar-refractivity contribution is 0.0980. The summed E-state index contributed by atoms with van der Waals surface area (Å²) in [6, 6.07) is 11.3. The van der Waals surface area contributed by atoms with Crippen LogP contribution in [0.25, 0.3) is 0 Å². The molecule has 6 rings (SSSR count). The second-order valence-electron chi connectivity index (χ2n) is 11.6. The first-order valence-electron chi connectivity index (χ1n) is 13.1. The van der Waals surface area contributed by atoms with Gasteiger partial charge in [-0.3, -0.25) is 9.52 Å². The molecule has 8 nitrogen and oxygen atoms in total. The van der Waals surface area contributed by atoms with Gasteiger partial charge in [0.15, 0.2) is 0 Å². The molecular formula is C27H32FN3O5S2. The Balaban J connectivity index is 1.34. The van der Waals surface area contributed by atoms with Crippen LogP contribution in [0.4, 0.5) is 15.8 Å². The third-order valence-electron chi connectivity index (χ3n) is 8.90. The molecule has 3 fully saturated rings. The van der Waals surface area contributed by atoms with E-state index in [4.69, 9.17) is 0 Å². The number of hydrogen-bond donors (Lipinski definition) is 1. The van der Waals surface area contributed by atoms with Gasteiger partial charge in [0.25, 0.3) is 5.91 Å². The van der Waals surface area contributed by atoms with Crippen LogP contribution in [0, 0.1) is 5.41 Å². The van der Waals surface area contributed by atoms with E-state index in [1.54, 1.807) is 29.2 Å². The van der Waals surface area contributed by atoms with Crippen LogP contribution in [0.2, 0.25) is 0 Å². The molecule has 2 spiro atoms. The van der Waals surface area contributed by atoms with Crippen LogP contribution >= 0.6 is 0 Å². The number of amides is 1. The minimum absolute atomic E-state index is 0.0207. The summed E-state index contributed by atoms with van der Waals surface area (Å²) in [6.07, 6.45) is 6.58. The third kappa shape index (κ3) is 4.52. The number of anilines is 2. The maximum Gasteiger partial charge on any atom is 0.258 e. The van der Waals surface area contributed by atoms with Crippen LogP contribution < -0.4 is 9.62 Å². The number of carbonyl (C=O) groups is 1. The number of benzene rings is 2. The molecule has 2 heterocycles. The van der Waals surface area contributed by atoms with Gasteiger partial charge in [-0.2, -0.15) is 4.31 Å². The van der Waals surface area contributed by atoms with Gasteiger partial charge >= 0.3 is 0 Å². The third-order valence-corrected chi connectivity index (χ3v) is 11.4. The summed E-state index contributed by atoms with van der Waals surface area (Å²) in [7, 11) is -7.37. The maximum atomic E-state index is 13.9. The predicted molar refractivity (Wildman–Crippen MR) is 143 cm³/mol. The highest BCUT2D eigenvalue weighted by atomic mass is 32.2. The van der Waals surface area contributed by atoms with Crippen LogP contribution in [0.5, 0.6) is 0 Å². The van der Waals surface area contributed by atoms with Gasteiger partial charge < -0.3 is 4.90 Å². The van der Waals surface area contributed by atoms with Crippen molar-refractivity contribution in [1.82, 2.24) is 4.31 Å². The van der Waals surface area contributed by atoms with Crippen molar-refractivity contribution in [3.63, 3.8) is 0 Å². The van der Waals surface area contributed by atoms with Crippen molar-refractivity contribution >= 4 is 37.3 Å². The number of nitrogens with one attached hydrogen (secondary N) is 1. The van der Waals surface area contributed by atoms with Gasteiger partial charge in [0.2, 0.25) is 20.0 Å². The van der Waals surface area contributed by atoms with Gasteiger partial charge in [-0.1, -0.05) is 6.07 Å². The molecule has 1 N–H and O–H groups in total. The van der Waals surface area contributed by atoms with Gasteiger partial charge in [0, 0.05) is 42.0 Å². The van der Waals surface area contributed by atoms with E-state index in [0.717, 1.165) is 47.5 Å². The van der Waals surface area contributed by atoms with E-state index in [2.05, 4.69) is 4.72 Å². The smallest absolute Gasteiger partial charge is 0.258 e. The molecule has 0 bridgehead atoms. The Morgan fingerprint density at radius 1 is 1.00 bits per heavy atom. The lowest BCUT2D eigenvalue weighted by Gasteiger charge is -2.38. The van der Waals surface area contributed by atoms with Crippen LogP contribution in [0.15, 0.2) is 47.4 Å². The molecule has 1 saturated heterocycles. The second kappa shape index (κ2) is 8.76. The minimum atomic E-state index is -3.91. The minimum Gasteiger partial charge on any atom is -0.307 e. The van der Waals surface area contributed by atoms with Crippen molar-refractivity contribution < 1.29 is 26.0 Å². The molecule has 204 valence electrons. The summed E-state index contributed by atoms with van der Waals surface area (Å²) in [6.45, 7) is 0.412. The van der Waals surface area contributed by atoms with Crippen LogP contribution in [0.1, 0.15) is 60.9 Å². The SMILES string of the molecule is CS(=O)(=O)Nc1ccc2c(c1)C1(CCC3(CC3)CC1)CN2C(=O)c1cccc(S(=O)(=O)N2CC[C@H](F)C2)c1. The van der Waals surface area contributed by atoms with Crippen molar-refractivity contribution in [3.05, 3.63) is 53.6 Å². The summed E-state index contributed by atoms with van der Waals surface area (Å²) in [5.41, 5.74) is 2.57. The second-order valence-corrected chi connectivity index (χ2v) is 15.2. The van der Waals surface area contributed by atoms with Gasteiger partial charge in [0.05, 0.1) is 11.2 Å². The summed E-state index contributed by atoms with van der Waals surface area (Å²) >= 11 is 0. The number of sulfonamides is 2. The molecule has 0 unspecified atom stereocenters. The molecule has 11 heteroatoms. The number of halogens is 1. The molecule has 2 saturated carbocycles. The van der Waals surface area contributed by atoms with Crippen molar-refractivity contribution in [2.24, 2.45) is 5.41 Å². The number of alkyl halides is 1. The summed E-state index contributed by atoms with van der Waals surface area (Å²) in [4.78, 5) is 15.6. The van der Waals surface area contributed by atoms with E-state index in [1.165, 1.54) is 25.0 Å². The maximum absolute atomic E-state index is 13.9. The Hall–Kier alpha value is -2.50. The molecule has 2 aliphatic heterocycles. The van der Waals surface area contributed by atoms with E-state index in [1.807, 2.05) is 6.07 Å². The molecule has 2 aromatic rings. The Morgan fingerprint density at radius 3 is 2.34 bits per heavy atom. The molecule has 4 aliphatic rings. The quantitative estimate of drug-likeness (QED) is 0.594. The molecule has 2 aliphatic carbocycles. The summed E-state index contributed by atoms with van der Waals surface area (Å²) in [5, 5.41) is 0. The highest BCUT2D eigenvalue weighted by molar-refractivity contribution is 7.92. The standard InChI is InChI=1S/C27H32FN3O5S2/c1-37(33,34)29-21-5-6-24-23(16-21)27(12-10-26(8-9-26)11-13-27)18-31(24)25(32)19-3-2-4-22(15-19)38(35,36)30-14-7-20(28)17-30/h2-6,15-16,20,29H,7-14,17-18H2,1H3/t20-/m0/s1. The zero-order valence-electron chi connectivity index (χ0n) is 21.3. The highest BCUT2D eigenvalue weighted by Gasteiger charge is 2.53. The van der Waals surface area contributed by atoms with Crippen molar-refractivity contribution in [1.29, 1.82) is 0 Å². The molecule has 2 aromatic carbocycles. The Labute approximate surface area is 223 Å². The average molecular weight is 562 g/mol. The zero-order valence-corrected chi connectivity index (χ0v) is 23.0. The topological polar surface area (TPSA) is 104 Å². The zero-order chi connectivity index (χ0) is 26.9. The largest absolute Gasteiger partial charge is 0.307 e. The van der Waals surface area contributed by atoms with Crippen molar-refractivity contribution in [3.8, 4) is 0 Å². The van der Waals surface area contributed by atoms with E-state index in [-0.39, 0.29) is 41.3 Å². The van der Waals surface area contributed by atoms with E-state index >= 15 is 0 Å². The lowest BCUT2D eigenvalue weighted by Crippen LogP contribution is -2.40. The first-order chi connectivity index (χ1) is 17.9. The van der Waals surface area contributed by atoms with E-state index < -0.39 is 26.2 Å². The van der Waals surface area contributed by atoms with Crippen LogP contribution in [-0.4, -0.2) is 59.1 Å². The Morgan fingerprint density at radius 2 is 1.71 bits per heavy atom. The highest BCUT2D eigenvalue weighted by Crippen LogP contribution is 2.62. The number of nitrogens with zero attached hydrogens (tertiary/aromatic N) is 2. The van der Waals surface area contributed by atoms with E-state index in [0.29, 0.717) is 17.6 Å². The molecule has 1 amide bonds. The Bertz CT molecular complexity index is 1510. The number of rotatable bonds is 5. The summed E-state index contributed by atoms with van der Waals surface area (Å²) < 4.78 is 67.4. The van der Waals surface area contributed by atoms with Crippen molar-refractivity contribution in [2.75, 3.05) is 35.5 Å². The number of fused-ring (bicyclic) bond motifs is 2. The molecule has 0 aromatic heterocycles. The fourth-order valence-corrected chi connectivity index (χ4v) is 8.57. The first-order valence-corrected chi connectivity index (χ1v) is 16.4.